The predicted molar refractivity (Wildman–Crippen MR) is 90.5 cm³/mol. The Bertz CT molecular complexity index is 318. The molecule has 0 radical (unpaired) electrons. The molecule has 0 bridgehead atoms. The molecule has 2 saturated carbocycles. The van der Waals surface area contributed by atoms with Crippen molar-refractivity contribution in [3.05, 3.63) is 0 Å². The third kappa shape index (κ3) is 3.82. The largest absolute Gasteiger partial charge is 0.377 e. The van der Waals surface area contributed by atoms with E-state index in [2.05, 4.69) is 40.1 Å². The van der Waals surface area contributed by atoms with Crippen LogP contribution in [0, 0.1) is 23.2 Å². The average molecular weight is 296 g/mol. The monoisotopic (exact) mass is 295 g/mol. The Labute approximate surface area is 132 Å². The van der Waals surface area contributed by atoms with E-state index in [4.69, 9.17) is 4.74 Å². The second-order valence-corrected chi connectivity index (χ2v) is 8.88. The first-order valence-corrected chi connectivity index (χ1v) is 9.04. The van der Waals surface area contributed by atoms with Gasteiger partial charge in [0, 0.05) is 13.2 Å². The summed E-state index contributed by atoms with van der Waals surface area (Å²) in [5, 5.41) is 3.68. The van der Waals surface area contributed by atoms with Gasteiger partial charge >= 0.3 is 0 Å². The van der Waals surface area contributed by atoms with Gasteiger partial charge in [-0.05, 0) is 75.2 Å². The van der Waals surface area contributed by atoms with E-state index in [1.807, 2.05) is 7.11 Å². The maximum atomic E-state index is 6.19. The maximum Gasteiger partial charge on any atom is 0.0833 e. The molecule has 0 aromatic heterocycles. The number of methoxy groups -OCH3 is 1. The van der Waals surface area contributed by atoms with Crippen LogP contribution >= 0.6 is 0 Å². The van der Waals surface area contributed by atoms with Crippen molar-refractivity contribution in [2.75, 3.05) is 14.2 Å². The highest BCUT2D eigenvalue weighted by atomic mass is 16.5. The van der Waals surface area contributed by atoms with Crippen LogP contribution in [0.25, 0.3) is 0 Å². The van der Waals surface area contributed by atoms with Gasteiger partial charge in [-0.3, -0.25) is 0 Å². The average Bonchev–Trinajstić information content (AvgIpc) is 2.41. The van der Waals surface area contributed by atoms with Gasteiger partial charge in [0.2, 0.25) is 0 Å². The predicted octanol–water partition coefficient (Wildman–Crippen LogP) is 4.63. The number of nitrogens with one attached hydrogen (secondary N) is 1. The van der Waals surface area contributed by atoms with Crippen molar-refractivity contribution >= 4 is 0 Å². The quantitative estimate of drug-likeness (QED) is 0.816. The molecule has 2 nitrogen and oxygen atoms in total. The van der Waals surface area contributed by atoms with Crippen molar-refractivity contribution in [3.8, 4) is 0 Å². The van der Waals surface area contributed by atoms with Gasteiger partial charge in [0.15, 0.2) is 0 Å². The SMILES string of the molecule is CNC(C1CC(C)CC(C)C1)C1(OC)CCC(C)(C)CC1. The molecule has 3 unspecified atom stereocenters. The van der Waals surface area contributed by atoms with E-state index in [0.29, 0.717) is 11.5 Å². The highest BCUT2D eigenvalue weighted by molar-refractivity contribution is 5.02. The Kier molecular flexibility index (Phi) is 5.41. The van der Waals surface area contributed by atoms with Crippen LogP contribution in [0.4, 0.5) is 0 Å². The number of rotatable bonds is 4. The first kappa shape index (κ1) is 17.3. The molecular weight excluding hydrogens is 258 g/mol. The summed E-state index contributed by atoms with van der Waals surface area (Å²) in [6.07, 6.45) is 9.13. The van der Waals surface area contributed by atoms with Gasteiger partial charge in [0.25, 0.3) is 0 Å². The summed E-state index contributed by atoms with van der Waals surface area (Å²) >= 11 is 0. The van der Waals surface area contributed by atoms with E-state index in [-0.39, 0.29) is 5.60 Å². The third-order valence-electron chi connectivity index (χ3n) is 6.42. The lowest BCUT2D eigenvalue weighted by Crippen LogP contribution is -2.58. The van der Waals surface area contributed by atoms with Crippen molar-refractivity contribution in [3.63, 3.8) is 0 Å². The number of hydrogen-bond donors (Lipinski definition) is 1. The molecule has 0 heterocycles. The summed E-state index contributed by atoms with van der Waals surface area (Å²) in [6, 6.07) is 0.517. The minimum absolute atomic E-state index is 0.0612. The third-order valence-corrected chi connectivity index (χ3v) is 6.42. The molecule has 1 N–H and O–H groups in total. The normalized spacial score (nSPS) is 37.1. The van der Waals surface area contributed by atoms with Crippen LogP contribution in [0.2, 0.25) is 0 Å². The van der Waals surface area contributed by atoms with Gasteiger partial charge in [0.05, 0.1) is 5.60 Å². The molecule has 2 aliphatic carbocycles. The van der Waals surface area contributed by atoms with Crippen molar-refractivity contribution in [2.45, 2.75) is 84.3 Å². The van der Waals surface area contributed by atoms with E-state index in [0.717, 1.165) is 17.8 Å². The van der Waals surface area contributed by atoms with E-state index < -0.39 is 0 Å². The molecule has 124 valence electrons. The summed E-state index contributed by atoms with van der Waals surface area (Å²) in [7, 11) is 4.09. The van der Waals surface area contributed by atoms with Crippen LogP contribution in [0.5, 0.6) is 0 Å². The van der Waals surface area contributed by atoms with Gasteiger partial charge in [-0.1, -0.05) is 27.7 Å². The van der Waals surface area contributed by atoms with Crippen LogP contribution in [0.15, 0.2) is 0 Å². The lowest BCUT2D eigenvalue weighted by Gasteiger charge is -2.51. The van der Waals surface area contributed by atoms with Crippen LogP contribution < -0.4 is 5.32 Å². The molecule has 0 aromatic rings. The van der Waals surface area contributed by atoms with Crippen LogP contribution in [-0.4, -0.2) is 25.8 Å². The molecule has 0 aromatic carbocycles. The van der Waals surface area contributed by atoms with Crippen LogP contribution in [0.3, 0.4) is 0 Å². The maximum absolute atomic E-state index is 6.19. The summed E-state index contributed by atoms with van der Waals surface area (Å²) < 4.78 is 6.19. The zero-order chi connectivity index (χ0) is 15.7. The Balaban J connectivity index is 2.14. The topological polar surface area (TPSA) is 21.3 Å². The van der Waals surface area contributed by atoms with Gasteiger partial charge in [0.1, 0.15) is 0 Å². The lowest BCUT2D eigenvalue weighted by molar-refractivity contribution is -0.103. The summed E-state index contributed by atoms with van der Waals surface area (Å²) in [5.41, 5.74) is 0.555. The molecule has 2 heteroatoms. The Morgan fingerprint density at radius 2 is 1.48 bits per heavy atom. The highest BCUT2D eigenvalue weighted by Crippen LogP contribution is 2.47. The number of ether oxygens (including phenoxy) is 1. The summed E-state index contributed by atoms with van der Waals surface area (Å²) in [6.45, 7) is 9.68. The fourth-order valence-electron chi connectivity index (χ4n) is 5.20. The molecule has 2 fully saturated rings. The first-order valence-electron chi connectivity index (χ1n) is 9.04. The van der Waals surface area contributed by atoms with Gasteiger partial charge in [-0.25, -0.2) is 0 Å². The lowest BCUT2D eigenvalue weighted by atomic mass is 9.63. The van der Waals surface area contributed by atoms with E-state index in [9.17, 15) is 0 Å². The Morgan fingerprint density at radius 3 is 1.90 bits per heavy atom. The molecule has 0 saturated heterocycles. The molecule has 21 heavy (non-hydrogen) atoms. The van der Waals surface area contributed by atoms with E-state index in [1.165, 1.54) is 44.9 Å². The first-order chi connectivity index (χ1) is 9.82. The standard InChI is InChI=1S/C19H37NO/c1-14-11-15(2)13-16(12-14)17(20-5)19(21-6)9-7-18(3,4)8-10-19/h14-17,20H,7-13H2,1-6H3. The zero-order valence-corrected chi connectivity index (χ0v) is 15.2. The zero-order valence-electron chi connectivity index (χ0n) is 15.2. The molecule has 0 aliphatic heterocycles. The molecule has 0 amide bonds. The minimum atomic E-state index is 0.0612. The number of likely N-dealkylation sites (N-methyl/N-ethyl adjacent to an activating group) is 1. The molecule has 2 rings (SSSR count). The van der Waals surface area contributed by atoms with Gasteiger partial charge in [-0.15, -0.1) is 0 Å². The molecule has 0 spiro atoms. The molecular formula is C19H37NO. The number of hydrogen-bond acceptors (Lipinski definition) is 2. The van der Waals surface area contributed by atoms with Crippen molar-refractivity contribution in [1.29, 1.82) is 0 Å². The van der Waals surface area contributed by atoms with Gasteiger partial charge < -0.3 is 10.1 Å². The van der Waals surface area contributed by atoms with Crippen molar-refractivity contribution in [1.82, 2.24) is 5.32 Å². The van der Waals surface area contributed by atoms with E-state index >= 15 is 0 Å². The van der Waals surface area contributed by atoms with E-state index in [1.54, 1.807) is 0 Å². The van der Waals surface area contributed by atoms with Gasteiger partial charge in [-0.2, -0.15) is 0 Å². The van der Waals surface area contributed by atoms with Crippen molar-refractivity contribution in [2.24, 2.45) is 23.2 Å². The summed E-state index contributed by atoms with van der Waals surface area (Å²) in [5.74, 6) is 2.50. The minimum Gasteiger partial charge on any atom is -0.377 e. The van der Waals surface area contributed by atoms with Crippen molar-refractivity contribution < 1.29 is 4.74 Å². The fourth-order valence-corrected chi connectivity index (χ4v) is 5.20. The Hall–Kier alpha value is -0.0800. The summed E-state index contributed by atoms with van der Waals surface area (Å²) in [4.78, 5) is 0. The Morgan fingerprint density at radius 1 is 0.952 bits per heavy atom. The highest BCUT2D eigenvalue weighted by Gasteiger charge is 2.47. The van der Waals surface area contributed by atoms with Crippen LogP contribution in [-0.2, 0) is 4.74 Å². The second-order valence-electron chi connectivity index (χ2n) is 8.88. The second kappa shape index (κ2) is 6.58. The van der Waals surface area contributed by atoms with Crippen LogP contribution in [0.1, 0.15) is 72.6 Å². The smallest absolute Gasteiger partial charge is 0.0833 e. The molecule has 3 atom stereocenters. The fraction of sp³-hybridized carbons (Fsp3) is 1.00. The molecule has 2 aliphatic rings.